The first kappa shape index (κ1) is 15.8. The number of halogens is 1. The summed E-state index contributed by atoms with van der Waals surface area (Å²) in [4.78, 5) is 29.6. The summed E-state index contributed by atoms with van der Waals surface area (Å²) in [7, 11) is 0. The molecule has 0 spiro atoms. The van der Waals surface area contributed by atoms with Gasteiger partial charge in [-0.2, -0.15) is 0 Å². The Hall–Kier alpha value is -2.70. The molecule has 0 fully saturated rings. The number of thiophene rings is 1. The number of pyridine rings is 1. The van der Waals surface area contributed by atoms with Gasteiger partial charge in [0.05, 0.1) is 11.1 Å². The van der Waals surface area contributed by atoms with Crippen LogP contribution in [0, 0.1) is 0 Å². The Morgan fingerprint density at radius 2 is 2.04 bits per heavy atom. The molecule has 25 heavy (non-hydrogen) atoms. The number of benzene rings is 1. The van der Waals surface area contributed by atoms with Crippen molar-refractivity contribution in [3.8, 4) is 0 Å². The molecule has 0 bridgehead atoms. The van der Waals surface area contributed by atoms with Gasteiger partial charge in [-0.05, 0) is 35.2 Å². The highest BCUT2D eigenvalue weighted by atomic mass is 35.5. The van der Waals surface area contributed by atoms with Gasteiger partial charge in [-0.25, -0.2) is 4.98 Å². The fourth-order valence-electron chi connectivity index (χ4n) is 2.64. The van der Waals surface area contributed by atoms with Crippen molar-refractivity contribution in [3.05, 3.63) is 80.5 Å². The second-order valence-electron chi connectivity index (χ2n) is 5.44. The Kier molecular flexibility index (Phi) is 3.99. The van der Waals surface area contributed by atoms with Gasteiger partial charge < -0.3 is 5.32 Å². The second kappa shape index (κ2) is 6.31. The number of nitrogens with zero attached hydrogens (tertiary/aromatic N) is 2. The Balaban J connectivity index is 1.73. The summed E-state index contributed by atoms with van der Waals surface area (Å²) < 4.78 is 1.98. The first-order chi connectivity index (χ1) is 12.1. The van der Waals surface area contributed by atoms with E-state index in [4.69, 9.17) is 11.6 Å². The minimum absolute atomic E-state index is 0.171. The van der Waals surface area contributed by atoms with Crippen LogP contribution in [0.25, 0.3) is 15.9 Å². The minimum atomic E-state index is -0.306. The van der Waals surface area contributed by atoms with E-state index in [2.05, 4.69) is 10.3 Å². The predicted octanol–water partition coefficient (Wildman–Crippen LogP) is 3.49. The third-order valence-electron chi connectivity index (χ3n) is 3.89. The normalized spacial score (nSPS) is 11.1. The van der Waals surface area contributed by atoms with E-state index < -0.39 is 0 Å². The number of fused-ring (bicyclic) bond motifs is 2. The van der Waals surface area contributed by atoms with Crippen molar-refractivity contribution in [2.24, 2.45) is 0 Å². The van der Waals surface area contributed by atoms with Crippen molar-refractivity contribution in [3.63, 3.8) is 0 Å². The van der Waals surface area contributed by atoms with E-state index in [9.17, 15) is 9.59 Å². The van der Waals surface area contributed by atoms with E-state index in [0.717, 1.165) is 5.56 Å². The molecule has 3 heterocycles. The third-order valence-corrected chi connectivity index (χ3v) is 5.15. The van der Waals surface area contributed by atoms with Crippen LogP contribution in [0.1, 0.15) is 15.9 Å². The number of carbonyl (C=O) groups is 1. The van der Waals surface area contributed by atoms with Crippen LogP contribution in [-0.2, 0) is 6.54 Å². The Labute approximate surface area is 151 Å². The van der Waals surface area contributed by atoms with E-state index in [1.807, 2.05) is 23.6 Å². The first-order valence-electron chi connectivity index (χ1n) is 7.55. The average molecular weight is 370 g/mol. The van der Waals surface area contributed by atoms with Crippen LogP contribution >= 0.6 is 22.9 Å². The molecule has 0 aliphatic carbocycles. The minimum Gasteiger partial charge on any atom is -0.348 e. The summed E-state index contributed by atoms with van der Waals surface area (Å²) in [6, 6.07) is 12.4. The van der Waals surface area contributed by atoms with Crippen molar-refractivity contribution in [2.75, 3.05) is 0 Å². The molecular weight excluding hydrogens is 358 g/mol. The SMILES string of the molecule is O=C(NCc1ccccc1Cl)c1cccn2c(=O)c3sccc3nc12. The largest absolute Gasteiger partial charge is 0.348 e. The van der Waals surface area contributed by atoms with Crippen molar-refractivity contribution < 1.29 is 4.79 Å². The maximum absolute atomic E-state index is 12.6. The summed E-state index contributed by atoms with van der Waals surface area (Å²) in [6.45, 7) is 0.296. The van der Waals surface area contributed by atoms with Crippen LogP contribution in [0.5, 0.6) is 0 Å². The van der Waals surface area contributed by atoms with E-state index >= 15 is 0 Å². The van der Waals surface area contributed by atoms with Gasteiger partial charge in [0.1, 0.15) is 4.70 Å². The number of amides is 1. The van der Waals surface area contributed by atoms with Gasteiger partial charge in [0.2, 0.25) is 0 Å². The van der Waals surface area contributed by atoms with Gasteiger partial charge in [-0.15, -0.1) is 11.3 Å². The van der Waals surface area contributed by atoms with Crippen LogP contribution in [0.2, 0.25) is 5.02 Å². The molecule has 7 heteroatoms. The van der Waals surface area contributed by atoms with Crippen LogP contribution in [0.3, 0.4) is 0 Å². The predicted molar refractivity (Wildman–Crippen MR) is 99.5 cm³/mol. The topological polar surface area (TPSA) is 63.5 Å². The molecule has 0 aliphatic heterocycles. The Morgan fingerprint density at radius 1 is 1.20 bits per heavy atom. The Morgan fingerprint density at radius 3 is 2.88 bits per heavy atom. The highest BCUT2D eigenvalue weighted by molar-refractivity contribution is 7.17. The quantitative estimate of drug-likeness (QED) is 0.601. The van der Waals surface area contributed by atoms with E-state index in [1.165, 1.54) is 15.7 Å². The highest BCUT2D eigenvalue weighted by Crippen LogP contribution is 2.18. The first-order valence-corrected chi connectivity index (χ1v) is 8.81. The van der Waals surface area contributed by atoms with Gasteiger partial charge in [-0.1, -0.05) is 29.8 Å². The lowest BCUT2D eigenvalue weighted by molar-refractivity contribution is 0.0952. The third kappa shape index (κ3) is 2.79. The monoisotopic (exact) mass is 369 g/mol. The summed E-state index contributed by atoms with van der Waals surface area (Å²) in [5.41, 5.74) is 1.94. The molecule has 4 rings (SSSR count). The number of nitrogens with one attached hydrogen (secondary N) is 1. The lowest BCUT2D eigenvalue weighted by Gasteiger charge is -2.09. The average Bonchev–Trinajstić information content (AvgIpc) is 3.09. The summed E-state index contributed by atoms with van der Waals surface area (Å²) in [5, 5.41) is 5.24. The zero-order chi connectivity index (χ0) is 17.4. The van der Waals surface area contributed by atoms with E-state index in [0.29, 0.717) is 33.0 Å². The second-order valence-corrected chi connectivity index (χ2v) is 6.76. The molecule has 5 nitrogen and oxygen atoms in total. The lowest BCUT2D eigenvalue weighted by Crippen LogP contribution is -2.25. The molecule has 4 aromatic rings. The number of aromatic nitrogens is 2. The van der Waals surface area contributed by atoms with Crippen LogP contribution in [-0.4, -0.2) is 15.3 Å². The lowest BCUT2D eigenvalue weighted by atomic mass is 10.2. The summed E-state index contributed by atoms with van der Waals surface area (Å²) >= 11 is 7.46. The standard InChI is InChI=1S/C18H12ClN3O2S/c19-13-6-2-1-4-11(13)10-20-17(23)12-5-3-8-22-16(12)21-14-7-9-25-15(14)18(22)24/h1-9H,10H2,(H,20,23). The number of hydrogen-bond acceptors (Lipinski definition) is 4. The zero-order valence-corrected chi connectivity index (χ0v) is 14.5. The molecule has 1 N–H and O–H groups in total. The zero-order valence-electron chi connectivity index (χ0n) is 12.9. The van der Waals surface area contributed by atoms with Crippen LogP contribution < -0.4 is 10.9 Å². The van der Waals surface area contributed by atoms with Crippen molar-refractivity contribution >= 4 is 44.7 Å². The summed E-state index contributed by atoms with van der Waals surface area (Å²) in [6.07, 6.45) is 1.62. The molecule has 0 atom stereocenters. The van der Waals surface area contributed by atoms with Gasteiger partial charge in [0.15, 0.2) is 5.65 Å². The number of rotatable bonds is 3. The van der Waals surface area contributed by atoms with Gasteiger partial charge in [-0.3, -0.25) is 14.0 Å². The fraction of sp³-hybridized carbons (Fsp3) is 0.0556. The maximum Gasteiger partial charge on any atom is 0.275 e. The molecule has 3 aromatic heterocycles. The molecule has 0 unspecified atom stereocenters. The van der Waals surface area contributed by atoms with Gasteiger partial charge in [0, 0.05) is 17.8 Å². The van der Waals surface area contributed by atoms with Crippen molar-refractivity contribution in [1.82, 2.24) is 14.7 Å². The summed E-state index contributed by atoms with van der Waals surface area (Å²) in [5.74, 6) is -0.306. The fourth-order valence-corrected chi connectivity index (χ4v) is 3.61. The molecule has 0 saturated heterocycles. The maximum atomic E-state index is 12.6. The van der Waals surface area contributed by atoms with Gasteiger partial charge >= 0.3 is 0 Å². The van der Waals surface area contributed by atoms with Crippen molar-refractivity contribution in [1.29, 1.82) is 0 Å². The smallest absolute Gasteiger partial charge is 0.275 e. The number of hydrogen-bond donors (Lipinski definition) is 1. The molecular formula is C18H12ClN3O2S. The van der Waals surface area contributed by atoms with Crippen molar-refractivity contribution in [2.45, 2.75) is 6.54 Å². The molecule has 0 aliphatic rings. The van der Waals surface area contributed by atoms with E-state index in [1.54, 1.807) is 30.5 Å². The van der Waals surface area contributed by atoms with Crippen LogP contribution in [0.4, 0.5) is 0 Å². The molecule has 1 amide bonds. The van der Waals surface area contributed by atoms with E-state index in [-0.39, 0.29) is 11.5 Å². The van der Waals surface area contributed by atoms with Crippen LogP contribution in [0.15, 0.2) is 58.8 Å². The Bertz CT molecular complexity index is 1170. The number of carbonyl (C=O) groups excluding carboxylic acids is 1. The molecule has 124 valence electrons. The molecule has 0 saturated carbocycles. The van der Waals surface area contributed by atoms with Gasteiger partial charge in [0.25, 0.3) is 11.5 Å². The molecule has 0 radical (unpaired) electrons. The molecule has 1 aromatic carbocycles. The highest BCUT2D eigenvalue weighted by Gasteiger charge is 2.15.